The highest BCUT2D eigenvalue weighted by Crippen LogP contribution is 2.29. The van der Waals surface area contributed by atoms with E-state index in [-0.39, 0.29) is 5.92 Å². The van der Waals surface area contributed by atoms with Crippen molar-refractivity contribution in [1.29, 1.82) is 0 Å². The van der Waals surface area contributed by atoms with Crippen LogP contribution in [0.5, 0.6) is 0 Å². The summed E-state index contributed by atoms with van der Waals surface area (Å²) in [7, 11) is 0. The Balaban J connectivity index is 1.56. The van der Waals surface area contributed by atoms with Crippen molar-refractivity contribution in [3.8, 4) is 0 Å². The van der Waals surface area contributed by atoms with Crippen LogP contribution >= 0.6 is 0 Å². The van der Waals surface area contributed by atoms with Crippen LogP contribution in [0.4, 0.5) is 0 Å². The summed E-state index contributed by atoms with van der Waals surface area (Å²) < 4.78 is 0. The summed E-state index contributed by atoms with van der Waals surface area (Å²) >= 11 is 0. The lowest BCUT2D eigenvalue weighted by Crippen LogP contribution is -2.25. The van der Waals surface area contributed by atoms with Gasteiger partial charge in [0.2, 0.25) is 0 Å². The van der Waals surface area contributed by atoms with E-state index in [1.54, 1.807) is 0 Å². The average Bonchev–Trinajstić information content (AvgIpc) is 2.78. The number of allylic oxidation sites excluding steroid dienone is 2. The topological polar surface area (TPSA) is 15.6 Å². The molecule has 0 fully saturated rings. The molecule has 29 heavy (non-hydrogen) atoms. The zero-order chi connectivity index (χ0) is 19.9. The van der Waals surface area contributed by atoms with Crippen LogP contribution in [0.1, 0.15) is 29.0 Å². The molecule has 1 heterocycles. The van der Waals surface area contributed by atoms with Crippen LogP contribution < -0.4 is 0 Å². The molecule has 0 atom stereocenters. The molecule has 0 saturated heterocycles. The lowest BCUT2D eigenvalue weighted by Gasteiger charge is -2.27. The first-order valence-corrected chi connectivity index (χ1v) is 10.2. The van der Waals surface area contributed by atoms with Gasteiger partial charge < -0.3 is 0 Å². The minimum atomic E-state index is 0.110. The van der Waals surface area contributed by atoms with Crippen molar-refractivity contribution in [2.75, 3.05) is 6.54 Å². The van der Waals surface area contributed by atoms with Gasteiger partial charge in [0.05, 0.1) is 17.3 Å². The third-order valence-corrected chi connectivity index (χ3v) is 5.25. The first kappa shape index (κ1) is 18.9. The van der Waals surface area contributed by atoms with E-state index in [0.717, 1.165) is 30.8 Å². The van der Waals surface area contributed by atoms with Gasteiger partial charge in [-0.15, -0.1) is 0 Å². The molecule has 0 unspecified atom stereocenters. The number of hydrogen-bond acceptors (Lipinski definition) is 2. The monoisotopic (exact) mass is 378 g/mol. The second-order valence-electron chi connectivity index (χ2n) is 7.32. The second kappa shape index (κ2) is 9.20. The van der Waals surface area contributed by atoms with E-state index in [9.17, 15) is 0 Å². The van der Waals surface area contributed by atoms with Crippen LogP contribution in [0.25, 0.3) is 0 Å². The van der Waals surface area contributed by atoms with Crippen LogP contribution in [0.2, 0.25) is 0 Å². The quantitative estimate of drug-likeness (QED) is 0.478. The summed E-state index contributed by atoms with van der Waals surface area (Å²) in [6.07, 6.45) is 6.28. The number of nitrogens with zero attached hydrogens (tertiary/aromatic N) is 2. The third kappa shape index (κ3) is 4.72. The Morgan fingerprint density at radius 1 is 0.724 bits per heavy atom. The molecule has 0 spiro atoms. The van der Waals surface area contributed by atoms with Gasteiger partial charge in [-0.25, -0.2) is 0 Å². The fraction of sp³-hybridized carbons (Fsp3) is 0.148. The molecule has 2 heteroatoms. The maximum absolute atomic E-state index is 5.01. The summed E-state index contributed by atoms with van der Waals surface area (Å²) in [5.74, 6) is 0.110. The first-order chi connectivity index (χ1) is 14.3. The van der Waals surface area contributed by atoms with Crippen LogP contribution in [0.15, 0.2) is 121 Å². The molecule has 0 amide bonds. The highest BCUT2D eigenvalue weighted by molar-refractivity contribution is 6.03. The van der Waals surface area contributed by atoms with E-state index in [4.69, 9.17) is 5.10 Å². The Bertz CT molecular complexity index is 949. The Morgan fingerprint density at radius 2 is 1.28 bits per heavy atom. The molecule has 1 aliphatic rings. The lowest BCUT2D eigenvalue weighted by atomic mass is 9.86. The summed E-state index contributed by atoms with van der Waals surface area (Å²) in [4.78, 5) is 0. The Labute approximate surface area is 173 Å². The third-order valence-electron chi connectivity index (χ3n) is 5.25. The van der Waals surface area contributed by atoms with E-state index < -0.39 is 0 Å². The van der Waals surface area contributed by atoms with Gasteiger partial charge in [-0.3, -0.25) is 5.01 Å². The molecular weight excluding hydrogens is 352 g/mol. The van der Waals surface area contributed by atoms with Crippen LogP contribution in [-0.4, -0.2) is 17.3 Å². The van der Waals surface area contributed by atoms with Gasteiger partial charge >= 0.3 is 0 Å². The predicted octanol–water partition coefficient (Wildman–Crippen LogP) is 6.19. The minimum absolute atomic E-state index is 0.110. The molecular formula is C27H26N2. The first-order valence-electron chi connectivity index (χ1n) is 10.2. The number of rotatable bonds is 7. The highest BCUT2D eigenvalue weighted by atomic mass is 15.5. The number of hydrazone groups is 1. The number of benzene rings is 3. The molecule has 0 saturated carbocycles. The molecule has 1 aliphatic heterocycles. The smallest absolute Gasteiger partial charge is 0.0729 e. The normalized spacial score (nSPS) is 13.6. The zero-order valence-corrected chi connectivity index (χ0v) is 16.6. The van der Waals surface area contributed by atoms with Gasteiger partial charge in [0, 0.05) is 6.54 Å². The predicted molar refractivity (Wildman–Crippen MR) is 122 cm³/mol. The maximum Gasteiger partial charge on any atom is 0.0729 e. The molecule has 2 nitrogen and oxygen atoms in total. The molecule has 0 aromatic heterocycles. The Morgan fingerprint density at radius 3 is 1.86 bits per heavy atom. The van der Waals surface area contributed by atoms with Gasteiger partial charge in [-0.1, -0.05) is 97.6 Å². The van der Waals surface area contributed by atoms with E-state index in [1.165, 1.54) is 16.7 Å². The molecule has 3 aromatic carbocycles. The van der Waals surface area contributed by atoms with Crippen molar-refractivity contribution in [3.05, 3.63) is 132 Å². The number of hydrogen-bond donors (Lipinski definition) is 0. The average molecular weight is 379 g/mol. The standard InChI is InChI=1S/C27H26N2/c1-22-19-20-26(28-29(22)21-11-14-23-12-5-2-6-13-23)27(24-15-7-3-8-16-24)25-17-9-4-10-18-25/h2-10,12-13,15-20,27H,1,11,14,21H2. The van der Waals surface area contributed by atoms with Gasteiger partial charge in [-0.2, -0.15) is 5.10 Å². The van der Waals surface area contributed by atoms with E-state index in [1.807, 2.05) is 0 Å². The van der Waals surface area contributed by atoms with Crippen LogP contribution in [0, 0.1) is 0 Å². The summed E-state index contributed by atoms with van der Waals surface area (Å²) in [5.41, 5.74) is 5.86. The van der Waals surface area contributed by atoms with Crippen LogP contribution in [-0.2, 0) is 6.42 Å². The van der Waals surface area contributed by atoms with E-state index in [2.05, 4.69) is 115 Å². The second-order valence-corrected chi connectivity index (χ2v) is 7.32. The molecule has 0 aliphatic carbocycles. The van der Waals surface area contributed by atoms with Gasteiger partial charge in [0.25, 0.3) is 0 Å². The van der Waals surface area contributed by atoms with Crippen molar-refractivity contribution < 1.29 is 0 Å². The summed E-state index contributed by atoms with van der Waals surface area (Å²) in [6, 6.07) is 31.8. The van der Waals surface area contributed by atoms with E-state index >= 15 is 0 Å². The van der Waals surface area contributed by atoms with Crippen molar-refractivity contribution in [2.24, 2.45) is 5.10 Å². The number of aryl methyl sites for hydroxylation is 1. The fourth-order valence-electron chi connectivity index (χ4n) is 3.75. The molecule has 0 radical (unpaired) electrons. The SMILES string of the molecule is C=C1C=CC(C(c2ccccc2)c2ccccc2)=NN1CCCc1ccccc1. The molecule has 144 valence electrons. The Kier molecular flexibility index (Phi) is 6.01. The molecule has 0 N–H and O–H groups in total. The zero-order valence-electron chi connectivity index (χ0n) is 16.6. The molecule has 3 aromatic rings. The van der Waals surface area contributed by atoms with E-state index in [0.29, 0.717) is 0 Å². The van der Waals surface area contributed by atoms with Crippen LogP contribution in [0.3, 0.4) is 0 Å². The van der Waals surface area contributed by atoms with Crippen molar-refractivity contribution in [2.45, 2.75) is 18.8 Å². The van der Waals surface area contributed by atoms with Crippen molar-refractivity contribution >= 4 is 5.71 Å². The van der Waals surface area contributed by atoms with Crippen molar-refractivity contribution in [3.63, 3.8) is 0 Å². The largest absolute Gasteiger partial charge is 0.266 e. The molecule has 0 bridgehead atoms. The fourth-order valence-corrected chi connectivity index (χ4v) is 3.75. The van der Waals surface area contributed by atoms with Gasteiger partial charge in [0.15, 0.2) is 0 Å². The maximum atomic E-state index is 5.01. The Hall–Kier alpha value is -3.39. The minimum Gasteiger partial charge on any atom is -0.266 e. The summed E-state index contributed by atoms with van der Waals surface area (Å²) in [5, 5.41) is 7.06. The van der Waals surface area contributed by atoms with Gasteiger partial charge in [-0.05, 0) is 41.7 Å². The van der Waals surface area contributed by atoms with Crippen molar-refractivity contribution in [1.82, 2.24) is 5.01 Å². The van der Waals surface area contributed by atoms with Gasteiger partial charge in [0.1, 0.15) is 0 Å². The molecule has 4 rings (SSSR count). The summed E-state index contributed by atoms with van der Waals surface area (Å²) in [6.45, 7) is 5.05. The lowest BCUT2D eigenvalue weighted by molar-refractivity contribution is 0.366. The highest BCUT2D eigenvalue weighted by Gasteiger charge is 2.22.